The summed E-state index contributed by atoms with van der Waals surface area (Å²) in [5.74, 6) is 1.51. The lowest BCUT2D eigenvalue weighted by Crippen LogP contribution is -2.24. The van der Waals surface area contributed by atoms with E-state index in [2.05, 4.69) is 10.1 Å². The summed E-state index contributed by atoms with van der Waals surface area (Å²) in [6.07, 6.45) is -2.47. The Bertz CT molecular complexity index is 758. The molecule has 25 heavy (non-hydrogen) atoms. The molecule has 2 unspecified atom stereocenters. The average Bonchev–Trinajstić information content (AvgIpc) is 3.20. The first-order chi connectivity index (χ1) is 11.9. The fraction of sp³-hybridized carbons (Fsp3) is 0.529. The Labute approximate surface area is 142 Å². The SMILES string of the molecule is OC1CC(c2cccc(C(F)(F)F)c2)N(Cc2nc(C3CC3)no2)C1. The molecule has 5 nitrogen and oxygen atoms in total. The van der Waals surface area contributed by atoms with Crippen molar-refractivity contribution < 1.29 is 22.8 Å². The van der Waals surface area contributed by atoms with Gasteiger partial charge in [-0.05, 0) is 37.0 Å². The molecule has 2 atom stereocenters. The second-order valence-corrected chi connectivity index (χ2v) is 6.78. The predicted molar refractivity (Wildman–Crippen MR) is 81.5 cm³/mol. The van der Waals surface area contributed by atoms with Crippen LogP contribution in [0.3, 0.4) is 0 Å². The molecule has 2 fully saturated rings. The van der Waals surface area contributed by atoms with E-state index in [0.717, 1.165) is 25.0 Å². The van der Waals surface area contributed by atoms with Gasteiger partial charge in [0.1, 0.15) is 0 Å². The van der Waals surface area contributed by atoms with Crippen molar-refractivity contribution in [1.29, 1.82) is 0 Å². The van der Waals surface area contributed by atoms with Gasteiger partial charge in [0.25, 0.3) is 0 Å². The number of aromatic nitrogens is 2. The summed E-state index contributed by atoms with van der Waals surface area (Å²) in [5, 5.41) is 14.0. The zero-order valence-corrected chi connectivity index (χ0v) is 13.4. The first-order valence-corrected chi connectivity index (χ1v) is 8.32. The molecule has 4 rings (SSSR count). The normalized spacial score (nSPS) is 24.8. The Kier molecular flexibility index (Phi) is 4.04. The Hall–Kier alpha value is -1.93. The van der Waals surface area contributed by atoms with E-state index in [9.17, 15) is 18.3 Å². The lowest BCUT2D eigenvalue weighted by atomic mass is 10.0. The largest absolute Gasteiger partial charge is 0.416 e. The molecule has 2 heterocycles. The number of rotatable bonds is 4. The van der Waals surface area contributed by atoms with E-state index in [-0.39, 0.29) is 6.04 Å². The number of hydrogen-bond acceptors (Lipinski definition) is 5. The lowest BCUT2D eigenvalue weighted by molar-refractivity contribution is -0.137. The van der Waals surface area contributed by atoms with Gasteiger partial charge >= 0.3 is 6.18 Å². The zero-order chi connectivity index (χ0) is 17.6. The highest BCUT2D eigenvalue weighted by Gasteiger charge is 2.36. The van der Waals surface area contributed by atoms with Crippen LogP contribution < -0.4 is 0 Å². The first-order valence-electron chi connectivity index (χ1n) is 8.32. The van der Waals surface area contributed by atoms with Gasteiger partial charge in [0, 0.05) is 18.5 Å². The quantitative estimate of drug-likeness (QED) is 0.914. The molecule has 1 aliphatic heterocycles. The van der Waals surface area contributed by atoms with Crippen LogP contribution in [0.4, 0.5) is 13.2 Å². The van der Waals surface area contributed by atoms with E-state index in [1.54, 1.807) is 6.07 Å². The van der Waals surface area contributed by atoms with Crippen LogP contribution in [0.25, 0.3) is 0 Å². The Morgan fingerprint density at radius 2 is 2.08 bits per heavy atom. The summed E-state index contributed by atoms with van der Waals surface area (Å²) < 4.78 is 44.2. The Morgan fingerprint density at radius 3 is 2.80 bits per heavy atom. The molecule has 0 spiro atoms. The number of likely N-dealkylation sites (tertiary alicyclic amines) is 1. The number of β-amino-alcohol motifs (C(OH)–C–C–N with tert-alkyl or cyclic N) is 1. The van der Waals surface area contributed by atoms with Crippen LogP contribution >= 0.6 is 0 Å². The highest BCUT2D eigenvalue weighted by atomic mass is 19.4. The molecule has 8 heteroatoms. The fourth-order valence-electron chi connectivity index (χ4n) is 3.34. The van der Waals surface area contributed by atoms with Crippen LogP contribution in [0, 0.1) is 0 Å². The van der Waals surface area contributed by atoms with Gasteiger partial charge < -0.3 is 9.63 Å². The van der Waals surface area contributed by atoms with Crippen molar-refractivity contribution in [2.75, 3.05) is 6.54 Å². The maximum Gasteiger partial charge on any atom is 0.416 e. The van der Waals surface area contributed by atoms with Crippen LogP contribution in [-0.4, -0.2) is 32.8 Å². The van der Waals surface area contributed by atoms with Crippen molar-refractivity contribution in [1.82, 2.24) is 15.0 Å². The number of benzene rings is 1. The number of nitrogens with zero attached hydrogens (tertiary/aromatic N) is 3. The highest BCUT2D eigenvalue weighted by molar-refractivity contribution is 5.29. The van der Waals surface area contributed by atoms with Crippen molar-refractivity contribution in [3.8, 4) is 0 Å². The summed E-state index contributed by atoms with van der Waals surface area (Å²) in [7, 11) is 0. The number of aliphatic hydroxyl groups is 1. The van der Waals surface area contributed by atoms with Crippen molar-refractivity contribution in [2.24, 2.45) is 0 Å². The molecule has 1 saturated carbocycles. The minimum Gasteiger partial charge on any atom is -0.392 e. The second-order valence-electron chi connectivity index (χ2n) is 6.78. The predicted octanol–water partition coefficient (Wildman–Crippen LogP) is 3.27. The van der Waals surface area contributed by atoms with Crippen LogP contribution in [0.2, 0.25) is 0 Å². The molecule has 2 aromatic rings. The number of hydrogen-bond donors (Lipinski definition) is 1. The van der Waals surface area contributed by atoms with Gasteiger partial charge in [-0.1, -0.05) is 17.3 Å². The average molecular weight is 353 g/mol. The van der Waals surface area contributed by atoms with Gasteiger partial charge in [0.2, 0.25) is 5.89 Å². The van der Waals surface area contributed by atoms with Crippen molar-refractivity contribution in [3.63, 3.8) is 0 Å². The lowest BCUT2D eigenvalue weighted by Gasteiger charge is -2.23. The highest BCUT2D eigenvalue weighted by Crippen LogP contribution is 2.39. The van der Waals surface area contributed by atoms with E-state index in [4.69, 9.17) is 4.52 Å². The van der Waals surface area contributed by atoms with Crippen LogP contribution in [0.1, 0.15) is 54.1 Å². The zero-order valence-electron chi connectivity index (χ0n) is 13.4. The summed E-state index contributed by atoms with van der Waals surface area (Å²) in [6.45, 7) is 0.680. The Balaban J connectivity index is 1.54. The van der Waals surface area contributed by atoms with Gasteiger partial charge in [-0.15, -0.1) is 0 Å². The van der Waals surface area contributed by atoms with E-state index in [1.807, 2.05) is 4.90 Å². The molecule has 0 radical (unpaired) electrons. The van der Waals surface area contributed by atoms with Crippen LogP contribution in [-0.2, 0) is 12.7 Å². The molecule has 1 saturated heterocycles. The summed E-state index contributed by atoms with van der Waals surface area (Å²) >= 11 is 0. The van der Waals surface area contributed by atoms with E-state index < -0.39 is 17.8 Å². The second kappa shape index (κ2) is 6.10. The van der Waals surface area contributed by atoms with Gasteiger partial charge in [-0.2, -0.15) is 18.2 Å². The molecule has 1 N–H and O–H groups in total. The third-order valence-electron chi connectivity index (χ3n) is 4.74. The summed E-state index contributed by atoms with van der Waals surface area (Å²) in [4.78, 5) is 6.26. The van der Waals surface area contributed by atoms with Crippen molar-refractivity contribution in [3.05, 3.63) is 47.1 Å². The van der Waals surface area contributed by atoms with Crippen LogP contribution in [0.15, 0.2) is 28.8 Å². The molecular weight excluding hydrogens is 335 g/mol. The minimum absolute atomic E-state index is 0.312. The molecule has 0 amide bonds. The number of alkyl halides is 3. The third kappa shape index (κ3) is 3.55. The van der Waals surface area contributed by atoms with E-state index in [0.29, 0.717) is 42.7 Å². The first kappa shape index (κ1) is 16.5. The maximum atomic E-state index is 13.0. The van der Waals surface area contributed by atoms with Gasteiger partial charge in [-0.3, -0.25) is 4.90 Å². The van der Waals surface area contributed by atoms with E-state index in [1.165, 1.54) is 6.07 Å². The number of halogens is 3. The molecule has 1 aromatic heterocycles. The van der Waals surface area contributed by atoms with Gasteiger partial charge in [-0.25, -0.2) is 0 Å². The summed E-state index contributed by atoms with van der Waals surface area (Å²) in [6, 6.07) is 4.96. The van der Waals surface area contributed by atoms with Crippen molar-refractivity contribution >= 4 is 0 Å². The fourth-order valence-corrected chi connectivity index (χ4v) is 3.34. The molecule has 0 bridgehead atoms. The van der Waals surface area contributed by atoms with Crippen molar-refractivity contribution in [2.45, 2.75) is 50.0 Å². The maximum absolute atomic E-state index is 13.0. The molecular formula is C17H18F3N3O2. The van der Waals surface area contributed by atoms with E-state index >= 15 is 0 Å². The molecule has 1 aliphatic carbocycles. The smallest absolute Gasteiger partial charge is 0.392 e. The third-order valence-corrected chi connectivity index (χ3v) is 4.74. The molecule has 134 valence electrons. The minimum atomic E-state index is -4.39. The molecule has 2 aliphatic rings. The number of aliphatic hydroxyl groups excluding tert-OH is 1. The van der Waals surface area contributed by atoms with Gasteiger partial charge in [0.15, 0.2) is 5.82 Å². The topological polar surface area (TPSA) is 62.4 Å². The van der Waals surface area contributed by atoms with Gasteiger partial charge in [0.05, 0.1) is 18.2 Å². The van der Waals surface area contributed by atoms with Crippen LogP contribution in [0.5, 0.6) is 0 Å². The monoisotopic (exact) mass is 353 g/mol. The standard InChI is InChI=1S/C17H18F3N3O2/c18-17(19,20)12-3-1-2-11(6-12)14-7-13(24)8-23(14)9-15-21-16(22-25-15)10-4-5-10/h1-3,6,10,13-14,24H,4-5,7-9H2. The summed E-state index contributed by atoms with van der Waals surface area (Å²) in [5.41, 5.74) is -0.145. The Morgan fingerprint density at radius 1 is 1.28 bits per heavy atom. The molecule has 1 aromatic carbocycles.